The van der Waals surface area contributed by atoms with Gasteiger partial charge in [-0.15, -0.1) is 0 Å². The molecule has 1 aromatic rings. The lowest BCUT2D eigenvalue weighted by Gasteiger charge is -2.55. The summed E-state index contributed by atoms with van der Waals surface area (Å²) in [6, 6.07) is 3.71. The number of Topliss-reactive ketones (excluding diaryl/α,β-unsaturated/α-hetero) is 1. The molecule has 0 saturated heterocycles. The van der Waals surface area contributed by atoms with Crippen LogP contribution in [0.5, 0.6) is 5.75 Å². The van der Waals surface area contributed by atoms with E-state index < -0.39 is 0 Å². The van der Waals surface area contributed by atoms with Gasteiger partial charge in [0.05, 0.1) is 5.56 Å². The molecule has 2 aliphatic carbocycles. The topological polar surface area (TPSA) is 57.5 Å². The fourth-order valence-electron chi connectivity index (χ4n) is 5.11. The zero-order valence-corrected chi connectivity index (χ0v) is 13.8. The summed E-state index contributed by atoms with van der Waals surface area (Å²) in [7, 11) is 0. The highest BCUT2D eigenvalue weighted by Gasteiger charge is 2.51. The van der Waals surface area contributed by atoms with Crippen LogP contribution in [0.1, 0.15) is 67.9 Å². The molecule has 2 aliphatic rings. The number of aromatic hydroxyl groups is 1. The molecule has 0 aromatic heterocycles. The van der Waals surface area contributed by atoms with Crippen molar-refractivity contribution in [3.05, 3.63) is 28.8 Å². The lowest BCUT2D eigenvalue weighted by atomic mass is 9.50. The minimum Gasteiger partial charge on any atom is -0.507 e. The molecule has 0 aliphatic heterocycles. The summed E-state index contributed by atoms with van der Waals surface area (Å²) in [4.78, 5) is 11.7. The van der Waals surface area contributed by atoms with Crippen molar-refractivity contribution in [1.82, 2.24) is 0 Å². The van der Waals surface area contributed by atoms with E-state index in [2.05, 4.69) is 13.8 Å². The van der Waals surface area contributed by atoms with Crippen molar-refractivity contribution in [2.24, 2.45) is 11.3 Å². The molecule has 0 spiro atoms. The monoisotopic (exact) mass is 302 g/mol. The number of aryl methyl sites for hydroxylation is 1. The minimum atomic E-state index is -0.0867. The van der Waals surface area contributed by atoms with Gasteiger partial charge in [-0.2, -0.15) is 0 Å². The highest BCUT2D eigenvalue weighted by atomic mass is 16.3. The summed E-state index contributed by atoms with van der Waals surface area (Å²) in [6.45, 7) is 6.19. The largest absolute Gasteiger partial charge is 0.507 e. The van der Waals surface area contributed by atoms with Crippen LogP contribution in [0.2, 0.25) is 0 Å². The van der Waals surface area contributed by atoms with Crippen LogP contribution < -0.4 is 0 Å². The Kier molecular flexibility index (Phi) is 3.59. The number of hydrogen-bond acceptors (Lipinski definition) is 3. The van der Waals surface area contributed by atoms with Crippen LogP contribution in [-0.2, 0) is 11.8 Å². The second-order valence-electron chi connectivity index (χ2n) is 7.76. The van der Waals surface area contributed by atoms with E-state index in [1.54, 1.807) is 0 Å². The van der Waals surface area contributed by atoms with E-state index in [0.29, 0.717) is 11.5 Å². The van der Waals surface area contributed by atoms with E-state index in [9.17, 15) is 15.0 Å². The molecule has 3 heteroatoms. The summed E-state index contributed by atoms with van der Waals surface area (Å²) < 4.78 is 0. The van der Waals surface area contributed by atoms with Crippen LogP contribution >= 0.6 is 0 Å². The van der Waals surface area contributed by atoms with Crippen LogP contribution in [0, 0.1) is 11.3 Å². The van der Waals surface area contributed by atoms with Crippen LogP contribution in [0.25, 0.3) is 0 Å². The third-order valence-electron chi connectivity index (χ3n) is 6.33. The first kappa shape index (κ1) is 15.5. The van der Waals surface area contributed by atoms with Crippen molar-refractivity contribution in [3.8, 4) is 5.75 Å². The molecule has 3 atom stereocenters. The summed E-state index contributed by atoms with van der Waals surface area (Å²) in [5, 5.41) is 20.2. The van der Waals surface area contributed by atoms with Gasteiger partial charge in [-0.3, -0.25) is 4.79 Å². The number of aliphatic hydroxyl groups is 1. The second kappa shape index (κ2) is 5.09. The van der Waals surface area contributed by atoms with E-state index in [1.165, 1.54) is 18.1 Å². The van der Waals surface area contributed by atoms with Crippen LogP contribution in [0.3, 0.4) is 0 Å². The zero-order chi connectivity index (χ0) is 16.1. The molecular weight excluding hydrogens is 276 g/mol. The van der Waals surface area contributed by atoms with Gasteiger partial charge in [0, 0.05) is 6.61 Å². The number of phenolic OH excluding ortho intramolecular Hbond substituents is 1. The molecule has 0 heterocycles. The molecule has 0 bridgehead atoms. The molecule has 120 valence electrons. The van der Waals surface area contributed by atoms with E-state index >= 15 is 0 Å². The van der Waals surface area contributed by atoms with Crippen molar-refractivity contribution in [1.29, 1.82) is 0 Å². The number of rotatable bonds is 2. The van der Waals surface area contributed by atoms with Crippen LogP contribution in [-0.4, -0.2) is 22.6 Å². The molecule has 3 rings (SSSR count). The number of benzene rings is 1. The molecule has 1 saturated carbocycles. The lowest BCUT2D eigenvalue weighted by molar-refractivity contribution is -0.0179. The first-order valence-electron chi connectivity index (χ1n) is 8.30. The molecule has 0 amide bonds. The van der Waals surface area contributed by atoms with Crippen LogP contribution in [0.15, 0.2) is 12.1 Å². The Morgan fingerprint density at radius 3 is 2.68 bits per heavy atom. The second-order valence-corrected chi connectivity index (χ2v) is 7.76. The first-order chi connectivity index (χ1) is 10.3. The number of phenols is 1. The van der Waals surface area contributed by atoms with Gasteiger partial charge in [0.1, 0.15) is 5.75 Å². The smallest absolute Gasteiger partial charge is 0.163 e. The van der Waals surface area contributed by atoms with Crippen LogP contribution in [0.4, 0.5) is 0 Å². The fourth-order valence-corrected chi connectivity index (χ4v) is 5.11. The fraction of sp³-hybridized carbons (Fsp3) is 0.632. The van der Waals surface area contributed by atoms with Gasteiger partial charge in [0.25, 0.3) is 0 Å². The third kappa shape index (κ3) is 2.10. The Balaban J connectivity index is 2.13. The van der Waals surface area contributed by atoms with Crippen molar-refractivity contribution >= 4 is 5.78 Å². The number of carbonyl (C=O) groups excluding carboxylic acids is 1. The zero-order valence-electron chi connectivity index (χ0n) is 13.8. The minimum absolute atomic E-state index is 0.0177. The van der Waals surface area contributed by atoms with Gasteiger partial charge in [-0.1, -0.05) is 20.3 Å². The van der Waals surface area contributed by atoms with E-state index in [0.717, 1.165) is 32.1 Å². The Hall–Kier alpha value is -1.35. The number of aliphatic hydroxyl groups excluding tert-OH is 1. The van der Waals surface area contributed by atoms with Gasteiger partial charge < -0.3 is 10.2 Å². The Morgan fingerprint density at radius 1 is 1.32 bits per heavy atom. The van der Waals surface area contributed by atoms with Gasteiger partial charge in [0.15, 0.2) is 5.78 Å². The molecule has 1 fully saturated rings. The average molecular weight is 302 g/mol. The highest BCUT2D eigenvalue weighted by molar-refractivity contribution is 5.97. The van der Waals surface area contributed by atoms with Gasteiger partial charge in [0.2, 0.25) is 0 Å². The maximum absolute atomic E-state index is 11.7. The number of carbonyl (C=O) groups is 1. The molecule has 3 unspecified atom stereocenters. The molecule has 22 heavy (non-hydrogen) atoms. The van der Waals surface area contributed by atoms with E-state index in [-0.39, 0.29) is 29.0 Å². The average Bonchev–Trinajstić information content (AvgIpc) is 2.47. The molecule has 2 N–H and O–H groups in total. The Bertz CT molecular complexity index is 621. The van der Waals surface area contributed by atoms with E-state index in [1.807, 2.05) is 12.1 Å². The Morgan fingerprint density at radius 2 is 2.05 bits per heavy atom. The predicted octanol–water partition coefficient (Wildman–Crippen LogP) is 3.60. The molecule has 0 radical (unpaired) electrons. The summed E-state index contributed by atoms with van der Waals surface area (Å²) in [5.41, 5.74) is 2.76. The van der Waals surface area contributed by atoms with Gasteiger partial charge >= 0.3 is 0 Å². The molecule has 1 aromatic carbocycles. The van der Waals surface area contributed by atoms with Crippen molar-refractivity contribution in [2.45, 2.75) is 58.3 Å². The normalized spacial score (nSPS) is 33.9. The lowest BCUT2D eigenvalue weighted by Crippen LogP contribution is -2.50. The van der Waals surface area contributed by atoms with Gasteiger partial charge in [-0.25, -0.2) is 0 Å². The Labute approximate surface area is 132 Å². The van der Waals surface area contributed by atoms with Crippen molar-refractivity contribution in [3.63, 3.8) is 0 Å². The highest BCUT2D eigenvalue weighted by Crippen LogP contribution is 2.57. The van der Waals surface area contributed by atoms with E-state index in [4.69, 9.17) is 0 Å². The number of fused-ring (bicyclic) bond motifs is 3. The van der Waals surface area contributed by atoms with Gasteiger partial charge in [-0.05, 0) is 72.6 Å². The number of ketones is 1. The quantitative estimate of drug-likeness (QED) is 0.821. The number of hydrogen-bond donors (Lipinski definition) is 2. The van der Waals surface area contributed by atoms with Crippen molar-refractivity contribution in [2.75, 3.05) is 6.61 Å². The molecular formula is C19H26O3. The summed E-state index contributed by atoms with van der Waals surface area (Å²) in [5.74, 6) is 0.439. The first-order valence-corrected chi connectivity index (χ1v) is 8.30. The SMILES string of the molecule is CC(=O)c1cc2c(cc1O)C1(C)CCCC(C)(CO)C1CC2. The predicted molar refractivity (Wildman–Crippen MR) is 86.3 cm³/mol. The van der Waals surface area contributed by atoms with Crippen molar-refractivity contribution < 1.29 is 15.0 Å². The molecule has 3 nitrogen and oxygen atoms in total. The maximum Gasteiger partial charge on any atom is 0.163 e. The maximum atomic E-state index is 11.7. The summed E-state index contributed by atoms with van der Waals surface area (Å²) in [6.07, 6.45) is 5.21. The summed E-state index contributed by atoms with van der Waals surface area (Å²) >= 11 is 0. The standard InChI is InChI=1S/C19H26O3/c1-12(21)14-9-13-5-6-17-18(2,11-20)7-4-8-19(17,3)15(13)10-16(14)22/h9-10,17,20,22H,4-8,11H2,1-3H3. The third-order valence-corrected chi connectivity index (χ3v) is 6.33.